The molecule has 0 fully saturated rings. The van der Waals surface area contributed by atoms with E-state index in [0.717, 1.165) is 15.9 Å². The maximum absolute atomic E-state index is 6.18. The van der Waals surface area contributed by atoms with E-state index in [1.807, 2.05) is 24.4 Å². The number of allylic oxidation sites excluding steroid dienone is 1. The Balaban J connectivity index is 2.80. The fraction of sp³-hybridized carbons (Fsp3) is 0.231. The zero-order chi connectivity index (χ0) is 11.1. The predicted octanol–water partition coefficient (Wildman–Crippen LogP) is 4.28. The van der Waals surface area contributed by atoms with Gasteiger partial charge >= 0.3 is 0 Å². The first-order valence-electron chi connectivity index (χ1n) is 4.96. The molecule has 0 aliphatic heterocycles. The average Bonchev–Trinajstić information content (AvgIpc) is 2.60. The van der Waals surface area contributed by atoms with E-state index in [0.29, 0.717) is 0 Å². The summed E-state index contributed by atoms with van der Waals surface area (Å²) < 4.78 is 0. The predicted molar refractivity (Wildman–Crippen MR) is 66.5 cm³/mol. The van der Waals surface area contributed by atoms with Crippen LogP contribution in [0.2, 0.25) is 5.02 Å². The Morgan fingerprint density at radius 3 is 2.80 bits per heavy atom. The molecule has 0 aliphatic rings. The van der Waals surface area contributed by atoms with Crippen molar-refractivity contribution in [2.75, 3.05) is 0 Å². The summed E-state index contributed by atoms with van der Waals surface area (Å²) in [6, 6.07) is 6.17. The smallest absolute Gasteiger partial charge is 0.0662 e. The zero-order valence-corrected chi connectivity index (χ0v) is 9.73. The molecule has 0 unspecified atom stereocenters. The van der Waals surface area contributed by atoms with Crippen LogP contribution in [0.15, 0.2) is 37.1 Å². The third-order valence-electron chi connectivity index (χ3n) is 2.86. The van der Waals surface area contributed by atoms with Crippen LogP contribution in [0.5, 0.6) is 0 Å². The largest absolute Gasteiger partial charge is 0.360 e. The second-order valence-electron chi connectivity index (χ2n) is 4.29. The lowest BCUT2D eigenvalue weighted by Crippen LogP contribution is -2.13. The van der Waals surface area contributed by atoms with E-state index in [2.05, 4.69) is 31.5 Å². The van der Waals surface area contributed by atoms with E-state index >= 15 is 0 Å². The lowest BCUT2D eigenvalue weighted by atomic mass is 9.83. The summed E-state index contributed by atoms with van der Waals surface area (Å²) in [5.41, 5.74) is 2.22. The molecule has 0 saturated heterocycles. The van der Waals surface area contributed by atoms with Gasteiger partial charge < -0.3 is 4.98 Å². The van der Waals surface area contributed by atoms with Crippen molar-refractivity contribution in [3.8, 4) is 0 Å². The standard InChI is InChI=1S/C13H14ClN/c1-4-13(2,3)9-6-5-7-11-12(9)10(14)8-15-11/h4-8,15H,1H2,2-3H3. The number of benzene rings is 1. The molecule has 1 heterocycles. The van der Waals surface area contributed by atoms with Crippen molar-refractivity contribution in [3.05, 3.63) is 47.6 Å². The Morgan fingerprint density at radius 1 is 1.40 bits per heavy atom. The van der Waals surface area contributed by atoms with Gasteiger partial charge in [0.1, 0.15) is 0 Å². The second-order valence-corrected chi connectivity index (χ2v) is 4.70. The van der Waals surface area contributed by atoms with Crippen molar-refractivity contribution in [2.45, 2.75) is 19.3 Å². The highest BCUT2D eigenvalue weighted by atomic mass is 35.5. The minimum atomic E-state index is -0.0641. The monoisotopic (exact) mass is 219 g/mol. The maximum Gasteiger partial charge on any atom is 0.0662 e. The van der Waals surface area contributed by atoms with Gasteiger partial charge in [-0.05, 0) is 11.6 Å². The van der Waals surface area contributed by atoms with E-state index in [4.69, 9.17) is 11.6 Å². The van der Waals surface area contributed by atoms with Crippen LogP contribution in [0.3, 0.4) is 0 Å². The van der Waals surface area contributed by atoms with E-state index in [-0.39, 0.29) is 5.41 Å². The molecule has 0 saturated carbocycles. The van der Waals surface area contributed by atoms with Crippen LogP contribution in [0.1, 0.15) is 19.4 Å². The van der Waals surface area contributed by atoms with Crippen LogP contribution in [-0.2, 0) is 5.41 Å². The normalized spacial score (nSPS) is 11.9. The van der Waals surface area contributed by atoms with Crippen LogP contribution in [0.4, 0.5) is 0 Å². The molecule has 0 atom stereocenters. The number of halogens is 1. The first-order valence-corrected chi connectivity index (χ1v) is 5.34. The van der Waals surface area contributed by atoms with Gasteiger partial charge in [0.05, 0.1) is 5.02 Å². The van der Waals surface area contributed by atoms with Gasteiger partial charge in [0.2, 0.25) is 0 Å². The highest BCUT2D eigenvalue weighted by Gasteiger charge is 2.20. The van der Waals surface area contributed by atoms with E-state index in [1.165, 1.54) is 5.56 Å². The van der Waals surface area contributed by atoms with Gasteiger partial charge in [-0.1, -0.05) is 43.7 Å². The number of H-pyrrole nitrogens is 1. The van der Waals surface area contributed by atoms with Crippen molar-refractivity contribution in [2.24, 2.45) is 0 Å². The van der Waals surface area contributed by atoms with Gasteiger partial charge in [0.15, 0.2) is 0 Å². The van der Waals surface area contributed by atoms with E-state index < -0.39 is 0 Å². The van der Waals surface area contributed by atoms with E-state index in [1.54, 1.807) is 0 Å². The lowest BCUT2D eigenvalue weighted by Gasteiger charge is -2.21. The molecule has 0 aliphatic carbocycles. The van der Waals surface area contributed by atoms with Gasteiger partial charge in [-0.3, -0.25) is 0 Å². The molecular weight excluding hydrogens is 206 g/mol. The summed E-state index contributed by atoms with van der Waals surface area (Å²) in [5, 5.41) is 1.87. The van der Waals surface area contributed by atoms with E-state index in [9.17, 15) is 0 Å². The molecule has 15 heavy (non-hydrogen) atoms. The number of hydrogen-bond acceptors (Lipinski definition) is 0. The number of aromatic amines is 1. The molecule has 0 bridgehead atoms. The first kappa shape index (κ1) is 10.3. The minimum Gasteiger partial charge on any atom is -0.360 e. The molecule has 0 amide bonds. The zero-order valence-electron chi connectivity index (χ0n) is 8.97. The summed E-state index contributed by atoms with van der Waals surface area (Å²) in [7, 11) is 0. The number of hydrogen-bond donors (Lipinski definition) is 1. The Bertz CT molecular complexity index is 508. The van der Waals surface area contributed by atoms with Gasteiger partial charge in [-0.15, -0.1) is 6.58 Å². The van der Waals surface area contributed by atoms with Crippen LogP contribution in [0, 0.1) is 0 Å². The molecule has 78 valence electrons. The lowest BCUT2D eigenvalue weighted by molar-refractivity contribution is 0.679. The fourth-order valence-electron chi connectivity index (χ4n) is 1.79. The first-order chi connectivity index (χ1) is 7.06. The summed E-state index contributed by atoms with van der Waals surface area (Å²) in [6.45, 7) is 8.15. The molecular formula is C13H14ClN. The summed E-state index contributed by atoms with van der Waals surface area (Å²) in [4.78, 5) is 3.16. The number of nitrogens with one attached hydrogen (secondary N) is 1. The van der Waals surface area contributed by atoms with Crippen molar-refractivity contribution >= 4 is 22.5 Å². The van der Waals surface area contributed by atoms with Crippen molar-refractivity contribution in [1.29, 1.82) is 0 Å². The molecule has 2 rings (SSSR count). The van der Waals surface area contributed by atoms with Crippen molar-refractivity contribution in [3.63, 3.8) is 0 Å². The van der Waals surface area contributed by atoms with Gasteiger partial charge in [0.25, 0.3) is 0 Å². The minimum absolute atomic E-state index is 0.0641. The number of rotatable bonds is 2. The highest BCUT2D eigenvalue weighted by molar-refractivity contribution is 6.35. The summed E-state index contributed by atoms with van der Waals surface area (Å²) in [6.07, 6.45) is 3.78. The third kappa shape index (κ3) is 1.57. The quantitative estimate of drug-likeness (QED) is 0.726. The summed E-state index contributed by atoms with van der Waals surface area (Å²) >= 11 is 6.18. The number of fused-ring (bicyclic) bond motifs is 1. The Kier molecular flexibility index (Phi) is 2.35. The molecule has 1 aromatic carbocycles. The average molecular weight is 220 g/mol. The third-order valence-corrected chi connectivity index (χ3v) is 3.16. The van der Waals surface area contributed by atoms with Crippen LogP contribution in [-0.4, -0.2) is 4.98 Å². The van der Waals surface area contributed by atoms with Crippen LogP contribution < -0.4 is 0 Å². The molecule has 2 heteroatoms. The SMILES string of the molecule is C=CC(C)(C)c1cccc2[nH]cc(Cl)c12. The molecule has 0 spiro atoms. The van der Waals surface area contributed by atoms with Gasteiger partial charge in [0, 0.05) is 22.5 Å². The molecule has 1 N–H and O–H groups in total. The van der Waals surface area contributed by atoms with Crippen molar-refractivity contribution in [1.82, 2.24) is 4.98 Å². The molecule has 1 aromatic heterocycles. The van der Waals surface area contributed by atoms with Crippen molar-refractivity contribution < 1.29 is 0 Å². The topological polar surface area (TPSA) is 15.8 Å². The molecule has 1 nitrogen and oxygen atoms in total. The second kappa shape index (κ2) is 3.42. The van der Waals surface area contributed by atoms with Crippen LogP contribution in [0.25, 0.3) is 10.9 Å². The highest BCUT2D eigenvalue weighted by Crippen LogP contribution is 2.34. The Morgan fingerprint density at radius 2 is 2.13 bits per heavy atom. The Hall–Kier alpha value is -1.21. The molecule has 0 radical (unpaired) electrons. The van der Waals surface area contributed by atoms with Crippen LogP contribution >= 0.6 is 11.6 Å². The summed E-state index contributed by atoms with van der Waals surface area (Å²) in [5.74, 6) is 0. The van der Waals surface area contributed by atoms with Gasteiger partial charge in [-0.25, -0.2) is 0 Å². The Labute approximate surface area is 94.8 Å². The van der Waals surface area contributed by atoms with Gasteiger partial charge in [-0.2, -0.15) is 0 Å². The fourth-order valence-corrected chi connectivity index (χ4v) is 2.05. The maximum atomic E-state index is 6.18. The number of aromatic nitrogens is 1. The molecule has 2 aromatic rings.